The minimum Gasteiger partial charge on any atom is -0.347 e. The summed E-state index contributed by atoms with van der Waals surface area (Å²) in [6, 6.07) is 11.6. The molecule has 0 bridgehead atoms. The third-order valence-electron chi connectivity index (χ3n) is 4.77. The molecule has 1 aliphatic rings. The molecular formula is C20H20N4O3. The number of carbonyl (C=O) groups is 1. The Morgan fingerprint density at radius 1 is 1.22 bits per heavy atom. The summed E-state index contributed by atoms with van der Waals surface area (Å²) >= 11 is 0. The standard InChI is InChI=1S/C20H20N4O3/c1-13-2-4-14(5-3-13)18(15-6-7-15)22-17(25)12-24-19(23-27-20(24)26)16-8-10-21-11-9-16/h2-5,8-11,15,18H,6-7,12H2,1H3,(H,22,25). The highest BCUT2D eigenvalue weighted by atomic mass is 16.5. The fourth-order valence-corrected chi connectivity index (χ4v) is 3.16. The molecule has 1 atom stereocenters. The van der Waals surface area contributed by atoms with E-state index in [0.717, 1.165) is 18.4 Å². The van der Waals surface area contributed by atoms with E-state index in [1.165, 1.54) is 10.1 Å². The lowest BCUT2D eigenvalue weighted by Gasteiger charge is -2.19. The average molecular weight is 364 g/mol. The zero-order valence-electron chi connectivity index (χ0n) is 15.0. The van der Waals surface area contributed by atoms with Gasteiger partial charge in [0, 0.05) is 18.0 Å². The van der Waals surface area contributed by atoms with Gasteiger partial charge in [0.05, 0.1) is 6.04 Å². The monoisotopic (exact) mass is 364 g/mol. The highest BCUT2D eigenvalue weighted by molar-refractivity contribution is 5.77. The van der Waals surface area contributed by atoms with Crippen LogP contribution in [0.3, 0.4) is 0 Å². The first-order valence-electron chi connectivity index (χ1n) is 8.94. The van der Waals surface area contributed by atoms with E-state index >= 15 is 0 Å². The second-order valence-electron chi connectivity index (χ2n) is 6.89. The van der Waals surface area contributed by atoms with Gasteiger partial charge in [-0.15, -0.1) is 0 Å². The first-order valence-corrected chi connectivity index (χ1v) is 8.94. The quantitative estimate of drug-likeness (QED) is 0.726. The van der Waals surface area contributed by atoms with Crippen molar-refractivity contribution in [2.75, 3.05) is 0 Å². The van der Waals surface area contributed by atoms with Gasteiger partial charge in [0.25, 0.3) is 0 Å². The first kappa shape index (κ1) is 17.2. The van der Waals surface area contributed by atoms with Crippen molar-refractivity contribution in [2.45, 2.75) is 32.4 Å². The Morgan fingerprint density at radius 3 is 2.59 bits per heavy atom. The summed E-state index contributed by atoms with van der Waals surface area (Å²) in [7, 11) is 0. The van der Waals surface area contributed by atoms with Crippen molar-refractivity contribution in [1.82, 2.24) is 20.0 Å². The van der Waals surface area contributed by atoms with Gasteiger partial charge < -0.3 is 5.32 Å². The molecule has 0 spiro atoms. The van der Waals surface area contributed by atoms with Crippen molar-refractivity contribution in [2.24, 2.45) is 5.92 Å². The third-order valence-corrected chi connectivity index (χ3v) is 4.77. The van der Waals surface area contributed by atoms with E-state index in [9.17, 15) is 9.59 Å². The molecule has 7 nitrogen and oxygen atoms in total. The first-order chi connectivity index (χ1) is 13.1. The summed E-state index contributed by atoms with van der Waals surface area (Å²) in [4.78, 5) is 28.7. The second-order valence-corrected chi connectivity index (χ2v) is 6.89. The van der Waals surface area contributed by atoms with Gasteiger partial charge in [-0.05, 0) is 43.4 Å². The van der Waals surface area contributed by atoms with Crippen LogP contribution in [0.4, 0.5) is 0 Å². The van der Waals surface area contributed by atoms with Crippen molar-refractivity contribution in [1.29, 1.82) is 0 Å². The molecule has 1 saturated carbocycles. The van der Waals surface area contributed by atoms with Crippen LogP contribution in [0.5, 0.6) is 0 Å². The van der Waals surface area contributed by atoms with Gasteiger partial charge in [-0.25, -0.2) is 9.36 Å². The minimum atomic E-state index is -0.657. The van der Waals surface area contributed by atoms with Gasteiger partial charge in [0.2, 0.25) is 5.91 Å². The molecule has 3 aromatic rings. The maximum Gasteiger partial charge on any atom is 0.442 e. The Kier molecular flexibility index (Phi) is 4.58. The predicted molar refractivity (Wildman–Crippen MR) is 98.8 cm³/mol. The molecule has 1 fully saturated rings. The minimum absolute atomic E-state index is 0.0435. The number of benzene rings is 1. The van der Waals surface area contributed by atoms with E-state index in [0.29, 0.717) is 17.3 Å². The lowest BCUT2D eigenvalue weighted by molar-refractivity contribution is -0.122. The SMILES string of the molecule is Cc1ccc(C(NC(=O)Cn2c(-c3ccncc3)noc2=O)C2CC2)cc1. The number of rotatable bonds is 6. The summed E-state index contributed by atoms with van der Waals surface area (Å²) < 4.78 is 6.01. The summed E-state index contributed by atoms with van der Waals surface area (Å²) in [5, 5.41) is 6.88. The number of aryl methyl sites for hydroxylation is 1. The Hall–Kier alpha value is -3.22. The van der Waals surface area contributed by atoms with Crippen LogP contribution in [0.1, 0.15) is 30.0 Å². The lowest BCUT2D eigenvalue weighted by Crippen LogP contribution is -2.35. The molecule has 2 aromatic heterocycles. The van der Waals surface area contributed by atoms with E-state index in [1.54, 1.807) is 24.5 Å². The van der Waals surface area contributed by atoms with Crippen molar-refractivity contribution in [3.63, 3.8) is 0 Å². The van der Waals surface area contributed by atoms with Crippen LogP contribution in [0, 0.1) is 12.8 Å². The van der Waals surface area contributed by atoms with Crippen molar-refractivity contribution in [3.05, 3.63) is 70.5 Å². The lowest BCUT2D eigenvalue weighted by atomic mass is 10.0. The van der Waals surface area contributed by atoms with Gasteiger partial charge in [0.15, 0.2) is 5.82 Å². The normalized spacial score (nSPS) is 14.7. The fraction of sp³-hybridized carbons (Fsp3) is 0.300. The Bertz CT molecular complexity index is 988. The molecule has 138 valence electrons. The van der Waals surface area contributed by atoms with E-state index in [-0.39, 0.29) is 18.5 Å². The van der Waals surface area contributed by atoms with Crippen LogP contribution < -0.4 is 11.1 Å². The van der Waals surface area contributed by atoms with Crippen LogP contribution in [-0.4, -0.2) is 20.6 Å². The number of amides is 1. The molecule has 1 N–H and O–H groups in total. The van der Waals surface area contributed by atoms with Gasteiger partial charge in [-0.2, -0.15) is 0 Å². The average Bonchev–Trinajstić information content (AvgIpc) is 3.46. The van der Waals surface area contributed by atoms with Crippen molar-refractivity contribution >= 4 is 5.91 Å². The Balaban J connectivity index is 1.53. The molecule has 1 unspecified atom stereocenters. The van der Waals surface area contributed by atoms with Crippen molar-refractivity contribution < 1.29 is 9.32 Å². The molecular weight excluding hydrogens is 344 g/mol. The number of nitrogens with zero attached hydrogens (tertiary/aromatic N) is 3. The topological polar surface area (TPSA) is 90.0 Å². The predicted octanol–water partition coefficient (Wildman–Crippen LogP) is 2.47. The summed E-state index contributed by atoms with van der Waals surface area (Å²) in [6.07, 6.45) is 5.38. The van der Waals surface area contributed by atoms with E-state index in [2.05, 4.69) is 15.5 Å². The van der Waals surface area contributed by atoms with Gasteiger partial charge in [0.1, 0.15) is 6.54 Å². The molecule has 1 aromatic carbocycles. The van der Waals surface area contributed by atoms with E-state index in [4.69, 9.17) is 4.52 Å². The molecule has 4 rings (SSSR count). The highest BCUT2D eigenvalue weighted by Crippen LogP contribution is 2.41. The molecule has 1 aliphatic carbocycles. The van der Waals surface area contributed by atoms with Crippen LogP contribution in [0.25, 0.3) is 11.4 Å². The molecule has 27 heavy (non-hydrogen) atoms. The number of nitrogens with one attached hydrogen (secondary N) is 1. The van der Waals surface area contributed by atoms with E-state index in [1.807, 2.05) is 31.2 Å². The second kappa shape index (κ2) is 7.19. The Labute approximate surface area is 156 Å². The largest absolute Gasteiger partial charge is 0.442 e. The molecule has 0 aliphatic heterocycles. The molecule has 1 amide bonds. The Morgan fingerprint density at radius 2 is 1.93 bits per heavy atom. The third kappa shape index (κ3) is 3.81. The number of hydrogen-bond donors (Lipinski definition) is 1. The summed E-state index contributed by atoms with van der Waals surface area (Å²) in [6.45, 7) is 1.89. The van der Waals surface area contributed by atoms with Crippen molar-refractivity contribution in [3.8, 4) is 11.4 Å². The van der Waals surface area contributed by atoms with Crippen LogP contribution >= 0.6 is 0 Å². The zero-order chi connectivity index (χ0) is 18.8. The molecule has 2 heterocycles. The number of pyridine rings is 1. The van der Waals surface area contributed by atoms with Crippen LogP contribution in [0.2, 0.25) is 0 Å². The fourth-order valence-electron chi connectivity index (χ4n) is 3.16. The molecule has 0 saturated heterocycles. The van der Waals surface area contributed by atoms with Gasteiger partial charge in [-0.3, -0.25) is 14.3 Å². The highest BCUT2D eigenvalue weighted by Gasteiger charge is 2.33. The molecule has 0 radical (unpaired) electrons. The molecule has 7 heteroatoms. The summed E-state index contributed by atoms with van der Waals surface area (Å²) in [5.41, 5.74) is 2.93. The van der Waals surface area contributed by atoms with Crippen LogP contribution in [0.15, 0.2) is 58.1 Å². The number of hydrogen-bond acceptors (Lipinski definition) is 5. The zero-order valence-corrected chi connectivity index (χ0v) is 15.0. The maximum atomic E-state index is 12.7. The maximum absolute atomic E-state index is 12.7. The van der Waals surface area contributed by atoms with Gasteiger partial charge in [-0.1, -0.05) is 35.0 Å². The smallest absolute Gasteiger partial charge is 0.347 e. The summed E-state index contributed by atoms with van der Waals surface area (Å²) in [5.74, 6) is -0.144. The number of aromatic nitrogens is 3. The van der Waals surface area contributed by atoms with Gasteiger partial charge >= 0.3 is 5.76 Å². The van der Waals surface area contributed by atoms with Crippen LogP contribution in [-0.2, 0) is 11.3 Å². The van der Waals surface area contributed by atoms with E-state index < -0.39 is 5.76 Å². The number of carbonyl (C=O) groups excluding carboxylic acids is 1.